The molecule has 4 heteroatoms. The first kappa shape index (κ1) is 10.9. The van der Waals surface area contributed by atoms with Crippen molar-refractivity contribution < 1.29 is 13.9 Å². The minimum absolute atomic E-state index is 0.174. The Morgan fingerprint density at radius 3 is 2.64 bits per heavy atom. The van der Waals surface area contributed by atoms with Crippen LogP contribution in [0.15, 0.2) is 12.1 Å². The molecule has 2 nitrogen and oxygen atoms in total. The molecule has 0 aliphatic rings. The van der Waals surface area contributed by atoms with Crippen molar-refractivity contribution in [1.29, 1.82) is 0 Å². The van der Waals surface area contributed by atoms with E-state index in [1.165, 1.54) is 12.1 Å². The molecule has 0 aliphatic heterocycles. The van der Waals surface area contributed by atoms with E-state index in [0.29, 0.717) is 5.56 Å². The van der Waals surface area contributed by atoms with Gasteiger partial charge in [-0.25, -0.2) is 8.78 Å². The van der Waals surface area contributed by atoms with E-state index in [4.69, 9.17) is 5.11 Å². The van der Waals surface area contributed by atoms with Crippen molar-refractivity contribution in [2.75, 3.05) is 11.9 Å². The van der Waals surface area contributed by atoms with E-state index in [-0.39, 0.29) is 18.3 Å². The van der Waals surface area contributed by atoms with Gasteiger partial charge in [0.15, 0.2) is 5.82 Å². The highest BCUT2D eigenvalue weighted by Crippen LogP contribution is 2.22. The summed E-state index contributed by atoms with van der Waals surface area (Å²) in [4.78, 5) is 0. The molecule has 2 N–H and O–H groups in total. The molecule has 0 radical (unpaired) electrons. The van der Waals surface area contributed by atoms with E-state index >= 15 is 0 Å². The summed E-state index contributed by atoms with van der Waals surface area (Å²) in [6, 6.07) is 2.20. The lowest BCUT2D eigenvalue weighted by Gasteiger charge is -2.14. The molecule has 0 bridgehead atoms. The summed E-state index contributed by atoms with van der Waals surface area (Å²) in [6.07, 6.45) is 0. The van der Waals surface area contributed by atoms with Crippen LogP contribution in [0.2, 0.25) is 0 Å². The number of benzene rings is 1. The zero-order valence-electron chi connectivity index (χ0n) is 8.14. The van der Waals surface area contributed by atoms with Crippen LogP contribution in [-0.2, 0) is 0 Å². The molecule has 1 atom stereocenters. The van der Waals surface area contributed by atoms with Gasteiger partial charge in [-0.3, -0.25) is 0 Å². The van der Waals surface area contributed by atoms with Crippen LogP contribution in [0.3, 0.4) is 0 Å². The molecule has 1 aromatic carbocycles. The van der Waals surface area contributed by atoms with Gasteiger partial charge in [-0.05, 0) is 25.5 Å². The smallest absolute Gasteiger partial charge is 0.152 e. The molecule has 1 unspecified atom stereocenters. The lowest BCUT2D eigenvalue weighted by molar-refractivity contribution is 0.281. The Bertz CT molecular complexity index is 328. The Hall–Kier alpha value is -1.16. The van der Waals surface area contributed by atoms with E-state index < -0.39 is 11.6 Å². The van der Waals surface area contributed by atoms with Crippen LogP contribution in [-0.4, -0.2) is 17.8 Å². The average molecular weight is 201 g/mol. The number of anilines is 1. The number of aryl methyl sites for hydroxylation is 1. The fourth-order valence-electron chi connectivity index (χ4n) is 1.08. The van der Waals surface area contributed by atoms with Crippen LogP contribution in [0.25, 0.3) is 0 Å². The molecule has 1 rings (SSSR count). The summed E-state index contributed by atoms with van der Waals surface area (Å²) < 4.78 is 26.5. The minimum Gasteiger partial charge on any atom is -0.394 e. The summed E-state index contributed by atoms with van der Waals surface area (Å²) in [6.45, 7) is 3.03. The summed E-state index contributed by atoms with van der Waals surface area (Å²) in [5, 5.41) is 11.3. The molecule has 0 saturated heterocycles. The average Bonchev–Trinajstić information content (AvgIpc) is 2.18. The Kier molecular flexibility index (Phi) is 3.41. The topological polar surface area (TPSA) is 32.3 Å². The lowest BCUT2D eigenvalue weighted by atomic mass is 10.2. The third kappa shape index (κ3) is 2.20. The lowest BCUT2D eigenvalue weighted by Crippen LogP contribution is -2.21. The molecular weight excluding hydrogens is 188 g/mol. The second kappa shape index (κ2) is 4.37. The molecule has 0 spiro atoms. The first-order valence-electron chi connectivity index (χ1n) is 4.38. The number of halogens is 2. The van der Waals surface area contributed by atoms with E-state index in [1.807, 2.05) is 0 Å². The number of hydrogen-bond acceptors (Lipinski definition) is 2. The van der Waals surface area contributed by atoms with Crippen LogP contribution in [0.5, 0.6) is 0 Å². The highest BCUT2D eigenvalue weighted by atomic mass is 19.1. The van der Waals surface area contributed by atoms with Gasteiger partial charge in [0.25, 0.3) is 0 Å². The normalized spacial score (nSPS) is 12.6. The maximum atomic E-state index is 13.4. The third-order valence-corrected chi connectivity index (χ3v) is 1.95. The zero-order valence-corrected chi connectivity index (χ0v) is 8.14. The van der Waals surface area contributed by atoms with E-state index in [9.17, 15) is 8.78 Å². The van der Waals surface area contributed by atoms with Crippen molar-refractivity contribution in [3.8, 4) is 0 Å². The largest absolute Gasteiger partial charge is 0.394 e. The second-order valence-electron chi connectivity index (χ2n) is 3.28. The Morgan fingerprint density at radius 1 is 1.43 bits per heavy atom. The Morgan fingerprint density at radius 2 is 2.07 bits per heavy atom. The maximum absolute atomic E-state index is 13.4. The molecule has 78 valence electrons. The maximum Gasteiger partial charge on any atom is 0.152 e. The van der Waals surface area contributed by atoms with E-state index in [1.54, 1.807) is 13.8 Å². The Balaban J connectivity index is 3.00. The highest BCUT2D eigenvalue weighted by Gasteiger charge is 2.12. The fourth-order valence-corrected chi connectivity index (χ4v) is 1.08. The van der Waals surface area contributed by atoms with Gasteiger partial charge in [-0.2, -0.15) is 0 Å². The highest BCUT2D eigenvalue weighted by molar-refractivity contribution is 5.49. The van der Waals surface area contributed by atoms with Gasteiger partial charge in [-0.1, -0.05) is 6.07 Å². The van der Waals surface area contributed by atoms with Crippen LogP contribution < -0.4 is 5.32 Å². The van der Waals surface area contributed by atoms with Crippen LogP contribution in [0.4, 0.5) is 14.5 Å². The zero-order chi connectivity index (χ0) is 10.7. The number of aliphatic hydroxyl groups excluding tert-OH is 1. The number of aliphatic hydroxyl groups is 1. The van der Waals surface area contributed by atoms with Gasteiger partial charge in [-0.15, -0.1) is 0 Å². The molecule has 0 heterocycles. The predicted molar refractivity (Wildman–Crippen MR) is 51.3 cm³/mol. The van der Waals surface area contributed by atoms with Crippen molar-refractivity contribution in [3.05, 3.63) is 29.3 Å². The third-order valence-electron chi connectivity index (χ3n) is 1.95. The molecule has 0 saturated carbocycles. The SMILES string of the molecule is Cc1ccc(F)c(NC(C)CO)c1F. The number of nitrogens with one attached hydrogen (secondary N) is 1. The molecule has 0 fully saturated rings. The first-order chi connectivity index (χ1) is 6.56. The number of hydrogen-bond donors (Lipinski definition) is 2. The van der Waals surface area contributed by atoms with Crippen molar-refractivity contribution >= 4 is 5.69 Å². The molecule has 0 amide bonds. The van der Waals surface area contributed by atoms with E-state index in [2.05, 4.69) is 5.32 Å². The summed E-state index contributed by atoms with van der Waals surface area (Å²) in [5.74, 6) is -1.25. The van der Waals surface area contributed by atoms with Crippen molar-refractivity contribution in [2.24, 2.45) is 0 Å². The van der Waals surface area contributed by atoms with Gasteiger partial charge in [0.1, 0.15) is 11.5 Å². The molecule has 0 aliphatic carbocycles. The monoisotopic (exact) mass is 201 g/mol. The Labute approximate surface area is 81.6 Å². The quantitative estimate of drug-likeness (QED) is 0.784. The van der Waals surface area contributed by atoms with Crippen molar-refractivity contribution in [2.45, 2.75) is 19.9 Å². The van der Waals surface area contributed by atoms with Crippen molar-refractivity contribution in [1.82, 2.24) is 0 Å². The van der Waals surface area contributed by atoms with Crippen LogP contribution in [0, 0.1) is 18.6 Å². The molecule has 0 aromatic heterocycles. The first-order valence-corrected chi connectivity index (χ1v) is 4.38. The molecule has 14 heavy (non-hydrogen) atoms. The second-order valence-corrected chi connectivity index (χ2v) is 3.28. The van der Waals surface area contributed by atoms with Gasteiger partial charge in [0.05, 0.1) is 6.61 Å². The number of rotatable bonds is 3. The van der Waals surface area contributed by atoms with Gasteiger partial charge in [0, 0.05) is 6.04 Å². The van der Waals surface area contributed by atoms with Gasteiger partial charge < -0.3 is 10.4 Å². The molecule has 1 aromatic rings. The summed E-state index contributed by atoms with van der Waals surface area (Å²) >= 11 is 0. The predicted octanol–water partition coefficient (Wildman–Crippen LogP) is 2.07. The van der Waals surface area contributed by atoms with Gasteiger partial charge in [0.2, 0.25) is 0 Å². The van der Waals surface area contributed by atoms with Crippen LogP contribution in [0.1, 0.15) is 12.5 Å². The van der Waals surface area contributed by atoms with Gasteiger partial charge >= 0.3 is 0 Å². The minimum atomic E-state index is -0.645. The summed E-state index contributed by atoms with van der Waals surface area (Å²) in [5.41, 5.74) is 0.200. The van der Waals surface area contributed by atoms with E-state index in [0.717, 1.165) is 0 Å². The fraction of sp³-hybridized carbons (Fsp3) is 0.400. The molecular formula is C10H13F2NO. The van der Waals surface area contributed by atoms with Crippen molar-refractivity contribution in [3.63, 3.8) is 0 Å². The van der Waals surface area contributed by atoms with Crippen LogP contribution >= 0.6 is 0 Å². The summed E-state index contributed by atoms with van der Waals surface area (Å²) in [7, 11) is 0. The standard InChI is InChI=1S/C10H13F2NO/c1-6-3-4-8(11)10(9(6)12)13-7(2)5-14/h3-4,7,13-14H,5H2,1-2H3.